The molecule has 0 amide bonds. The predicted molar refractivity (Wildman–Crippen MR) is 81.4 cm³/mol. The third-order valence-electron chi connectivity index (χ3n) is 3.21. The van der Waals surface area contributed by atoms with Gasteiger partial charge in [0.05, 0.1) is 11.6 Å². The van der Waals surface area contributed by atoms with Gasteiger partial charge in [-0.3, -0.25) is 0 Å². The smallest absolute Gasteiger partial charge is 0.320 e. The molecule has 2 aromatic rings. The second-order valence-corrected chi connectivity index (χ2v) is 6.04. The first-order chi connectivity index (χ1) is 9.70. The quantitative estimate of drug-likeness (QED) is 0.736. The topological polar surface area (TPSA) is 26.0 Å². The van der Waals surface area contributed by atoms with Gasteiger partial charge < -0.3 is 5.73 Å². The molecule has 0 fully saturated rings. The molecule has 21 heavy (non-hydrogen) atoms. The van der Waals surface area contributed by atoms with E-state index in [2.05, 4.69) is 15.9 Å². The SMILES string of the molecule is Cc1ccc(C(N)c2ccc(Br)cc2C(F)(F)F)cc1Cl. The molecule has 0 aliphatic heterocycles. The Morgan fingerprint density at radius 3 is 2.38 bits per heavy atom. The monoisotopic (exact) mass is 377 g/mol. The first kappa shape index (κ1) is 16.3. The van der Waals surface area contributed by atoms with Gasteiger partial charge >= 0.3 is 6.18 Å². The molecule has 2 N–H and O–H groups in total. The summed E-state index contributed by atoms with van der Waals surface area (Å²) in [4.78, 5) is 0. The number of rotatable bonds is 2. The zero-order chi connectivity index (χ0) is 15.8. The summed E-state index contributed by atoms with van der Waals surface area (Å²) < 4.78 is 39.8. The van der Waals surface area contributed by atoms with E-state index in [1.165, 1.54) is 6.07 Å². The van der Waals surface area contributed by atoms with Crippen molar-refractivity contribution in [3.8, 4) is 0 Å². The van der Waals surface area contributed by atoms with Crippen LogP contribution in [0.15, 0.2) is 40.9 Å². The van der Waals surface area contributed by atoms with Crippen molar-refractivity contribution in [3.63, 3.8) is 0 Å². The Balaban J connectivity index is 2.52. The first-order valence-corrected chi connectivity index (χ1v) is 7.25. The van der Waals surface area contributed by atoms with Gasteiger partial charge in [-0.25, -0.2) is 0 Å². The minimum atomic E-state index is -4.47. The van der Waals surface area contributed by atoms with Crippen LogP contribution in [0.2, 0.25) is 5.02 Å². The lowest BCUT2D eigenvalue weighted by molar-refractivity contribution is -0.138. The fourth-order valence-corrected chi connectivity index (χ4v) is 2.58. The van der Waals surface area contributed by atoms with E-state index in [0.717, 1.165) is 11.6 Å². The molecule has 2 rings (SSSR count). The van der Waals surface area contributed by atoms with Gasteiger partial charge in [-0.15, -0.1) is 0 Å². The fourth-order valence-electron chi connectivity index (χ4n) is 2.03. The van der Waals surface area contributed by atoms with Crippen molar-refractivity contribution in [2.45, 2.75) is 19.1 Å². The normalized spacial score (nSPS) is 13.3. The average molecular weight is 379 g/mol. The Hall–Kier alpha value is -1.04. The maximum absolute atomic E-state index is 13.1. The van der Waals surface area contributed by atoms with Crippen molar-refractivity contribution in [1.82, 2.24) is 0 Å². The highest BCUT2D eigenvalue weighted by Crippen LogP contribution is 2.37. The number of nitrogens with two attached hydrogens (primary N) is 1. The summed E-state index contributed by atoms with van der Waals surface area (Å²) in [6.45, 7) is 1.82. The van der Waals surface area contributed by atoms with Crippen LogP contribution in [0.5, 0.6) is 0 Å². The Morgan fingerprint density at radius 2 is 1.81 bits per heavy atom. The molecule has 112 valence electrons. The third kappa shape index (κ3) is 3.59. The van der Waals surface area contributed by atoms with Crippen molar-refractivity contribution in [2.24, 2.45) is 5.73 Å². The van der Waals surface area contributed by atoms with Crippen LogP contribution >= 0.6 is 27.5 Å². The maximum Gasteiger partial charge on any atom is 0.416 e. The van der Waals surface area contributed by atoms with E-state index in [9.17, 15) is 13.2 Å². The molecule has 0 saturated carbocycles. The molecule has 0 aromatic heterocycles. The molecule has 1 unspecified atom stereocenters. The van der Waals surface area contributed by atoms with Crippen LogP contribution in [0.4, 0.5) is 13.2 Å². The van der Waals surface area contributed by atoms with Crippen LogP contribution in [0.3, 0.4) is 0 Å². The summed E-state index contributed by atoms with van der Waals surface area (Å²) in [5.41, 5.74) is 6.67. The molecular weight excluding hydrogens is 367 g/mol. The number of hydrogen-bond acceptors (Lipinski definition) is 1. The minimum absolute atomic E-state index is 0.0191. The summed E-state index contributed by atoms with van der Waals surface area (Å²) in [6, 6.07) is 8.09. The van der Waals surface area contributed by atoms with Crippen molar-refractivity contribution in [3.05, 3.63) is 68.1 Å². The van der Waals surface area contributed by atoms with Crippen LogP contribution in [-0.4, -0.2) is 0 Å². The molecule has 0 aliphatic rings. The maximum atomic E-state index is 13.1. The van der Waals surface area contributed by atoms with Crippen LogP contribution in [0.1, 0.15) is 28.3 Å². The van der Waals surface area contributed by atoms with Gasteiger partial charge in [0.1, 0.15) is 0 Å². The van der Waals surface area contributed by atoms with Crippen LogP contribution in [-0.2, 0) is 6.18 Å². The van der Waals surface area contributed by atoms with E-state index in [1.54, 1.807) is 24.3 Å². The van der Waals surface area contributed by atoms with Crippen molar-refractivity contribution in [1.29, 1.82) is 0 Å². The second-order valence-electron chi connectivity index (χ2n) is 4.72. The van der Waals surface area contributed by atoms with Crippen molar-refractivity contribution >= 4 is 27.5 Å². The highest BCUT2D eigenvalue weighted by Gasteiger charge is 2.35. The van der Waals surface area contributed by atoms with E-state index in [4.69, 9.17) is 17.3 Å². The summed E-state index contributed by atoms with van der Waals surface area (Å²) >= 11 is 9.07. The Bertz CT molecular complexity index is 670. The van der Waals surface area contributed by atoms with Gasteiger partial charge in [0.25, 0.3) is 0 Å². The zero-order valence-corrected chi connectivity index (χ0v) is 13.4. The Kier molecular flexibility index (Phi) is 4.66. The molecule has 1 atom stereocenters. The standard InChI is InChI=1S/C15H12BrClF3N/c1-8-2-3-9(6-13(8)17)14(21)11-5-4-10(16)7-12(11)15(18,19)20/h2-7,14H,21H2,1H3. The van der Waals surface area contributed by atoms with Crippen molar-refractivity contribution < 1.29 is 13.2 Å². The molecule has 6 heteroatoms. The van der Waals surface area contributed by atoms with Gasteiger partial charge in [0.2, 0.25) is 0 Å². The molecule has 0 radical (unpaired) electrons. The van der Waals surface area contributed by atoms with E-state index in [0.29, 0.717) is 15.1 Å². The first-order valence-electron chi connectivity index (χ1n) is 6.08. The Labute approximate surface area is 134 Å². The predicted octanol–water partition coefficient (Wildman–Crippen LogP) is 5.48. The third-order valence-corrected chi connectivity index (χ3v) is 4.11. The summed E-state index contributed by atoms with van der Waals surface area (Å²) in [5.74, 6) is 0. The van der Waals surface area contributed by atoms with E-state index in [-0.39, 0.29) is 5.56 Å². The fraction of sp³-hybridized carbons (Fsp3) is 0.200. The molecular formula is C15H12BrClF3N. The largest absolute Gasteiger partial charge is 0.416 e. The van der Waals surface area contributed by atoms with Gasteiger partial charge in [-0.05, 0) is 41.8 Å². The van der Waals surface area contributed by atoms with Crippen LogP contribution in [0.25, 0.3) is 0 Å². The average Bonchev–Trinajstić information content (AvgIpc) is 2.40. The number of benzene rings is 2. The lowest BCUT2D eigenvalue weighted by Crippen LogP contribution is -2.18. The lowest BCUT2D eigenvalue weighted by atomic mass is 9.94. The highest BCUT2D eigenvalue weighted by atomic mass is 79.9. The molecule has 2 aromatic carbocycles. The molecule has 0 bridgehead atoms. The van der Waals surface area contributed by atoms with Gasteiger partial charge in [0.15, 0.2) is 0 Å². The molecule has 0 aliphatic carbocycles. The number of alkyl halides is 3. The molecule has 0 spiro atoms. The van der Waals surface area contributed by atoms with Crippen LogP contribution in [0, 0.1) is 6.92 Å². The van der Waals surface area contributed by atoms with Gasteiger partial charge in [-0.1, -0.05) is 45.7 Å². The summed E-state index contributed by atoms with van der Waals surface area (Å²) in [5, 5.41) is 0.480. The van der Waals surface area contributed by atoms with E-state index < -0.39 is 17.8 Å². The molecule has 0 saturated heterocycles. The highest BCUT2D eigenvalue weighted by molar-refractivity contribution is 9.10. The minimum Gasteiger partial charge on any atom is -0.320 e. The van der Waals surface area contributed by atoms with E-state index >= 15 is 0 Å². The lowest BCUT2D eigenvalue weighted by Gasteiger charge is -2.19. The second kappa shape index (κ2) is 5.99. The van der Waals surface area contributed by atoms with Crippen molar-refractivity contribution in [2.75, 3.05) is 0 Å². The van der Waals surface area contributed by atoms with E-state index in [1.807, 2.05) is 6.92 Å². The van der Waals surface area contributed by atoms with Gasteiger partial charge in [-0.2, -0.15) is 13.2 Å². The number of halogens is 5. The Morgan fingerprint density at radius 1 is 1.14 bits per heavy atom. The van der Waals surface area contributed by atoms with Gasteiger partial charge in [0, 0.05) is 9.50 Å². The summed E-state index contributed by atoms with van der Waals surface area (Å²) in [7, 11) is 0. The summed E-state index contributed by atoms with van der Waals surface area (Å²) in [6.07, 6.45) is -4.47. The van der Waals surface area contributed by atoms with Crippen LogP contribution < -0.4 is 5.73 Å². The zero-order valence-electron chi connectivity index (χ0n) is 11.0. The number of hydrogen-bond donors (Lipinski definition) is 1. The number of aryl methyl sites for hydroxylation is 1. The molecule has 1 nitrogen and oxygen atoms in total. The molecule has 0 heterocycles.